The molecule has 0 aromatic heterocycles. The highest BCUT2D eigenvalue weighted by Gasteiger charge is 2.24. The molecule has 0 bridgehead atoms. The maximum Gasteiger partial charge on any atom is 0.338 e. The number of aryl methyl sites for hydroxylation is 1. The van der Waals surface area contributed by atoms with E-state index in [2.05, 4.69) is 20.9 Å². The van der Waals surface area contributed by atoms with Crippen LogP contribution in [0.3, 0.4) is 0 Å². The third-order valence-corrected chi connectivity index (χ3v) is 6.12. The molecule has 0 radical (unpaired) electrons. The number of sulfonamides is 1. The Labute approximate surface area is 137 Å². The number of methoxy groups -OCH3 is 1. The van der Waals surface area contributed by atoms with Gasteiger partial charge in [0.2, 0.25) is 0 Å². The monoisotopic (exact) mass is 383 g/mol. The molecule has 0 N–H and O–H groups in total. The van der Waals surface area contributed by atoms with Gasteiger partial charge in [-0.1, -0.05) is 24.3 Å². The van der Waals surface area contributed by atoms with Crippen LogP contribution in [0, 0.1) is 6.92 Å². The maximum atomic E-state index is 12.6. The zero-order valence-electron chi connectivity index (χ0n) is 12.0. The van der Waals surface area contributed by atoms with E-state index >= 15 is 0 Å². The van der Waals surface area contributed by atoms with Crippen LogP contribution in [0.25, 0.3) is 0 Å². The molecule has 0 saturated carbocycles. The molecule has 22 heavy (non-hydrogen) atoms. The van der Waals surface area contributed by atoms with Crippen molar-refractivity contribution in [3.05, 3.63) is 59.7 Å². The summed E-state index contributed by atoms with van der Waals surface area (Å²) in [6, 6.07) is 12.9. The first kappa shape index (κ1) is 16.5. The van der Waals surface area contributed by atoms with Gasteiger partial charge in [-0.05, 0) is 36.8 Å². The van der Waals surface area contributed by atoms with E-state index in [9.17, 15) is 13.2 Å². The first-order valence-electron chi connectivity index (χ1n) is 6.33. The number of anilines is 1. The van der Waals surface area contributed by atoms with Gasteiger partial charge in [-0.15, -0.1) is 0 Å². The number of carbonyl (C=O) groups is 1. The smallest absolute Gasteiger partial charge is 0.338 e. The first-order valence-corrected chi connectivity index (χ1v) is 8.48. The van der Waals surface area contributed by atoms with Crippen molar-refractivity contribution in [2.24, 2.45) is 0 Å². The van der Waals surface area contributed by atoms with Crippen LogP contribution in [0.2, 0.25) is 0 Å². The highest BCUT2D eigenvalue weighted by atomic mass is 79.9. The summed E-state index contributed by atoms with van der Waals surface area (Å²) < 4.78 is 30.9. The van der Waals surface area contributed by atoms with Crippen LogP contribution in [0.4, 0.5) is 5.69 Å². The van der Waals surface area contributed by atoms with Crippen LogP contribution in [0.5, 0.6) is 0 Å². The van der Waals surface area contributed by atoms with Gasteiger partial charge in [-0.2, -0.15) is 3.33 Å². The molecule has 0 heterocycles. The summed E-state index contributed by atoms with van der Waals surface area (Å²) in [5, 5.41) is 0. The van der Waals surface area contributed by atoms with Gasteiger partial charge in [-0.25, -0.2) is 13.2 Å². The van der Waals surface area contributed by atoms with Gasteiger partial charge < -0.3 is 4.74 Å². The number of benzene rings is 2. The number of nitrogens with zero attached hydrogens (tertiary/aromatic N) is 1. The Hall–Kier alpha value is -1.86. The second-order valence-electron chi connectivity index (χ2n) is 4.52. The molecule has 7 heteroatoms. The van der Waals surface area contributed by atoms with E-state index in [1.54, 1.807) is 43.3 Å². The van der Waals surface area contributed by atoms with Gasteiger partial charge in [0.15, 0.2) is 0 Å². The standard InChI is InChI=1S/C15H14BrNO4S/c1-11-8-9-13(10-14(11)15(18)21-2)22(19,20)17(16)12-6-4-3-5-7-12/h3-10H,1-2H3. The molecule has 0 fully saturated rings. The molecular weight excluding hydrogens is 370 g/mol. The number of rotatable bonds is 4. The number of esters is 1. The van der Waals surface area contributed by atoms with Gasteiger partial charge in [0.05, 0.1) is 39.4 Å². The van der Waals surface area contributed by atoms with Crippen molar-refractivity contribution >= 4 is 37.8 Å². The van der Waals surface area contributed by atoms with Crippen LogP contribution in [0.15, 0.2) is 53.4 Å². The Balaban J connectivity index is 2.48. The molecule has 0 unspecified atom stereocenters. The molecule has 2 aromatic carbocycles. The Kier molecular flexibility index (Phi) is 4.87. The predicted octanol–water partition coefficient (Wildman–Crippen LogP) is 3.29. The summed E-state index contributed by atoms with van der Waals surface area (Å²) in [7, 11) is -2.58. The minimum Gasteiger partial charge on any atom is -0.465 e. The van der Waals surface area contributed by atoms with Crippen molar-refractivity contribution in [1.82, 2.24) is 0 Å². The number of para-hydroxylation sites is 1. The van der Waals surface area contributed by atoms with E-state index < -0.39 is 16.0 Å². The van der Waals surface area contributed by atoms with Gasteiger partial charge in [0.1, 0.15) is 0 Å². The van der Waals surface area contributed by atoms with E-state index in [4.69, 9.17) is 0 Å². The molecule has 2 aromatic rings. The second-order valence-corrected chi connectivity index (χ2v) is 7.49. The van der Waals surface area contributed by atoms with Crippen molar-refractivity contribution in [2.45, 2.75) is 11.8 Å². The van der Waals surface area contributed by atoms with Crippen molar-refractivity contribution in [1.29, 1.82) is 0 Å². The number of halogens is 1. The summed E-state index contributed by atoms with van der Waals surface area (Å²) in [6.45, 7) is 1.71. The molecule has 0 spiro atoms. The van der Waals surface area contributed by atoms with E-state index in [1.807, 2.05) is 0 Å². The number of hydrogen-bond acceptors (Lipinski definition) is 4. The first-order chi connectivity index (χ1) is 10.4. The maximum absolute atomic E-state index is 12.6. The third-order valence-electron chi connectivity index (χ3n) is 3.08. The SMILES string of the molecule is COC(=O)c1cc(S(=O)(=O)N(Br)c2ccccc2)ccc1C. The normalized spacial score (nSPS) is 11.0. The minimum atomic E-state index is -3.83. The topological polar surface area (TPSA) is 63.7 Å². The van der Waals surface area contributed by atoms with Crippen molar-refractivity contribution in [3.63, 3.8) is 0 Å². The number of carbonyl (C=O) groups excluding carboxylic acids is 1. The lowest BCUT2D eigenvalue weighted by Gasteiger charge is -2.17. The number of ether oxygens (including phenoxy) is 1. The van der Waals surface area contributed by atoms with E-state index in [0.717, 1.165) is 3.33 Å². The average molecular weight is 384 g/mol. The van der Waals surface area contributed by atoms with Gasteiger partial charge in [0.25, 0.3) is 10.0 Å². The molecule has 2 rings (SSSR count). The highest BCUT2D eigenvalue weighted by Crippen LogP contribution is 2.27. The quantitative estimate of drug-likeness (QED) is 0.600. The second kappa shape index (κ2) is 6.50. The van der Waals surface area contributed by atoms with E-state index in [0.29, 0.717) is 11.3 Å². The third kappa shape index (κ3) is 3.15. The zero-order chi connectivity index (χ0) is 16.3. The predicted molar refractivity (Wildman–Crippen MR) is 87.6 cm³/mol. The summed E-state index contributed by atoms with van der Waals surface area (Å²) in [5.74, 6) is -0.574. The molecule has 0 aliphatic heterocycles. The summed E-state index contributed by atoms with van der Waals surface area (Å²) in [6.07, 6.45) is 0. The summed E-state index contributed by atoms with van der Waals surface area (Å²) >= 11 is 3.07. The molecule has 5 nitrogen and oxygen atoms in total. The Morgan fingerprint density at radius 3 is 2.36 bits per heavy atom. The van der Waals surface area contributed by atoms with Gasteiger partial charge in [-0.3, -0.25) is 0 Å². The van der Waals surface area contributed by atoms with Crippen LogP contribution >= 0.6 is 16.1 Å². The lowest BCUT2D eigenvalue weighted by Crippen LogP contribution is -2.21. The average Bonchev–Trinajstić information content (AvgIpc) is 2.54. The molecule has 0 saturated heterocycles. The minimum absolute atomic E-state index is 0.000715. The van der Waals surface area contributed by atoms with Crippen molar-refractivity contribution < 1.29 is 17.9 Å². The van der Waals surface area contributed by atoms with E-state index in [-0.39, 0.29) is 10.5 Å². The Morgan fingerprint density at radius 2 is 1.77 bits per heavy atom. The Bertz CT molecular complexity index is 790. The molecule has 0 aliphatic rings. The molecule has 0 atom stereocenters. The van der Waals surface area contributed by atoms with Crippen LogP contribution in [0.1, 0.15) is 15.9 Å². The molecule has 116 valence electrons. The fourth-order valence-corrected chi connectivity index (χ4v) is 3.70. The zero-order valence-corrected chi connectivity index (χ0v) is 14.4. The largest absolute Gasteiger partial charge is 0.465 e. The molecule has 0 amide bonds. The fraction of sp³-hybridized carbons (Fsp3) is 0.133. The molecular formula is C15H14BrNO4S. The van der Waals surface area contributed by atoms with Crippen LogP contribution < -0.4 is 3.33 Å². The van der Waals surface area contributed by atoms with E-state index in [1.165, 1.54) is 19.2 Å². The fourth-order valence-electron chi connectivity index (χ4n) is 1.87. The lowest BCUT2D eigenvalue weighted by atomic mass is 10.1. The van der Waals surface area contributed by atoms with Crippen molar-refractivity contribution in [3.8, 4) is 0 Å². The van der Waals surface area contributed by atoms with Crippen LogP contribution in [-0.2, 0) is 14.8 Å². The Morgan fingerprint density at radius 1 is 1.14 bits per heavy atom. The lowest BCUT2D eigenvalue weighted by molar-refractivity contribution is 0.0599. The van der Waals surface area contributed by atoms with Gasteiger partial charge >= 0.3 is 5.97 Å². The number of hydrogen-bond donors (Lipinski definition) is 0. The van der Waals surface area contributed by atoms with Crippen LogP contribution in [-0.4, -0.2) is 21.5 Å². The summed E-state index contributed by atoms with van der Waals surface area (Å²) in [5.41, 5.74) is 1.33. The highest BCUT2D eigenvalue weighted by molar-refractivity contribution is 9.11. The summed E-state index contributed by atoms with van der Waals surface area (Å²) in [4.78, 5) is 11.7. The van der Waals surface area contributed by atoms with Crippen molar-refractivity contribution in [2.75, 3.05) is 10.4 Å². The van der Waals surface area contributed by atoms with Gasteiger partial charge in [0, 0.05) is 0 Å². The molecule has 0 aliphatic carbocycles.